The molecule has 5 rings (SSSR count). The molecule has 2 aromatic heterocycles. The second-order valence-electron chi connectivity index (χ2n) is 7.03. The minimum atomic E-state index is 0. The van der Waals surface area contributed by atoms with Crippen LogP contribution in [-0.2, 0) is 0 Å². The fourth-order valence-corrected chi connectivity index (χ4v) is 3.25. The van der Waals surface area contributed by atoms with E-state index >= 15 is 0 Å². The normalized spacial score (nSPS) is 14.9. The second-order valence-corrected chi connectivity index (χ2v) is 7.03. The first-order valence-corrected chi connectivity index (χ1v) is 10.1. The predicted octanol–water partition coefficient (Wildman–Crippen LogP) is 2.00. The molecule has 12 heteroatoms. The number of hydrogen-bond donors (Lipinski definition) is 4. The van der Waals surface area contributed by atoms with Crippen molar-refractivity contribution < 1.29 is 0 Å². The van der Waals surface area contributed by atoms with Crippen LogP contribution in [0.2, 0.25) is 0 Å². The zero-order valence-corrected chi connectivity index (χ0v) is 22.3. The van der Waals surface area contributed by atoms with Gasteiger partial charge < -0.3 is 15.0 Å². The molecule has 0 saturated carbocycles. The molecule has 0 saturated heterocycles. The third-order valence-corrected chi connectivity index (χ3v) is 4.80. The molecule has 10 nitrogen and oxygen atoms in total. The zero-order valence-electron chi connectivity index (χ0n) is 17.6. The highest BCUT2D eigenvalue weighted by Gasteiger charge is 2.06. The summed E-state index contributed by atoms with van der Waals surface area (Å²) in [5, 5.41) is 14.6. The van der Waals surface area contributed by atoms with Crippen LogP contribution in [0.4, 0.5) is 0 Å². The fraction of sp³-hybridized carbons (Fsp3) is 0.190. The van der Waals surface area contributed by atoms with Gasteiger partial charge in [-0.25, -0.2) is 25.8 Å². The van der Waals surface area contributed by atoms with E-state index in [0.717, 1.165) is 54.2 Å². The summed E-state index contributed by atoms with van der Waals surface area (Å²) in [4.78, 5) is 13.2. The number of hydrogen-bond acceptors (Lipinski definition) is 9. The van der Waals surface area contributed by atoms with Crippen LogP contribution in [0.5, 0.6) is 0 Å². The molecule has 0 bridgehead atoms. The van der Waals surface area contributed by atoms with Crippen LogP contribution >= 0.6 is 48.0 Å². The molecule has 0 aliphatic carbocycles. The number of aliphatic imine (C=N–C) groups is 2. The third-order valence-electron chi connectivity index (χ3n) is 4.80. The van der Waals surface area contributed by atoms with Gasteiger partial charge in [-0.05, 0) is 17.7 Å². The Labute approximate surface area is 225 Å². The summed E-state index contributed by atoms with van der Waals surface area (Å²) in [5.74, 6) is 1.41. The lowest BCUT2D eigenvalue weighted by Crippen LogP contribution is -2.30. The van der Waals surface area contributed by atoms with Gasteiger partial charge in [0.1, 0.15) is 5.65 Å². The van der Waals surface area contributed by atoms with Gasteiger partial charge in [0, 0.05) is 36.6 Å². The highest BCUT2D eigenvalue weighted by atomic mass is 127. The Morgan fingerprint density at radius 1 is 0.788 bits per heavy atom. The number of nitrogens with one attached hydrogen (secondary N) is 4. The van der Waals surface area contributed by atoms with E-state index in [1.165, 1.54) is 0 Å². The van der Waals surface area contributed by atoms with Crippen LogP contribution in [0.3, 0.4) is 0 Å². The Balaban J connectivity index is 0.00000153. The van der Waals surface area contributed by atoms with Crippen molar-refractivity contribution in [2.45, 2.75) is 0 Å². The van der Waals surface area contributed by atoms with Gasteiger partial charge in [0.2, 0.25) is 11.9 Å². The summed E-state index contributed by atoms with van der Waals surface area (Å²) in [5.41, 5.74) is 10.6. The highest BCUT2D eigenvalue weighted by molar-refractivity contribution is 14.0. The lowest BCUT2D eigenvalue weighted by molar-refractivity contribution is 0.919. The number of halogens is 2. The Morgan fingerprint density at radius 3 is 2.00 bits per heavy atom. The van der Waals surface area contributed by atoms with Crippen LogP contribution < -0.4 is 21.5 Å². The maximum Gasteiger partial charge on any atom is 0.212 e. The van der Waals surface area contributed by atoms with E-state index in [0.29, 0.717) is 11.9 Å². The lowest BCUT2D eigenvalue weighted by atomic mass is 10.1. The van der Waals surface area contributed by atoms with E-state index in [2.05, 4.69) is 41.7 Å². The molecule has 3 aromatic rings. The van der Waals surface area contributed by atoms with Gasteiger partial charge in [-0.15, -0.1) is 48.0 Å². The first-order valence-electron chi connectivity index (χ1n) is 10.1. The Hall–Kier alpha value is -2.75. The van der Waals surface area contributed by atoms with Crippen molar-refractivity contribution in [3.8, 4) is 11.3 Å². The molecule has 33 heavy (non-hydrogen) atoms. The number of aromatic nitrogens is 2. The number of pyridine rings is 1. The molecule has 0 fully saturated rings. The van der Waals surface area contributed by atoms with E-state index in [4.69, 9.17) is 4.98 Å². The topological polar surface area (TPSA) is 115 Å². The van der Waals surface area contributed by atoms with Crippen LogP contribution in [0.15, 0.2) is 69.0 Å². The molecule has 0 atom stereocenters. The Bertz CT molecular complexity index is 1200. The maximum absolute atomic E-state index is 4.72. The summed E-state index contributed by atoms with van der Waals surface area (Å²) in [6.45, 7) is 3.26. The first kappa shape index (κ1) is 24.9. The standard InChI is InChI=1S/C21H22N10.2HI/c1-4-17(5-2-15(1)11-26-29-20-22-7-8-23-20)18-14-31-13-16(3-6-19(31)28-18)12-27-30-21-24-9-10-25-21;;/h1-6,11-14H,7-10H2,(H2,22,23,29)(H2,24,25,30);2*1H/b26-11+,27-12+;;. The molecule has 4 heterocycles. The van der Waals surface area contributed by atoms with E-state index in [-0.39, 0.29) is 48.0 Å². The smallest absolute Gasteiger partial charge is 0.212 e. The van der Waals surface area contributed by atoms with Gasteiger partial charge >= 0.3 is 0 Å². The first-order chi connectivity index (χ1) is 15.3. The molecule has 1 aromatic carbocycles. The maximum atomic E-state index is 4.72. The monoisotopic (exact) mass is 670 g/mol. The van der Waals surface area contributed by atoms with E-state index in [1.807, 2.05) is 53.2 Å². The van der Waals surface area contributed by atoms with Gasteiger partial charge in [-0.3, -0.25) is 0 Å². The fourth-order valence-electron chi connectivity index (χ4n) is 3.25. The van der Waals surface area contributed by atoms with Gasteiger partial charge in [0.25, 0.3) is 0 Å². The molecule has 0 radical (unpaired) electrons. The summed E-state index contributed by atoms with van der Waals surface area (Å²) < 4.78 is 2.00. The Kier molecular flexibility index (Phi) is 8.99. The van der Waals surface area contributed by atoms with E-state index in [1.54, 1.807) is 12.4 Å². The van der Waals surface area contributed by atoms with Gasteiger partial charge in [0.05, 0.1) is 31.2 Å². The van der Waals surface area contributed by atoms with E-state index < -0.39 is 0 Å². The number of imidazole rings is 1. The summed E-state index contributed by atoms with van der Waals surface area (Å²) >= 11 is 0. The largest absolute Gasteiger partial charge is 0.353 e. The van der Waals surface area contributed by atoms with Crippen molar-refractivity contribution in [2.24, 2.45) is 20.2 Å². The predicted molar refractivity (Wildman–Crippen MR) is 154 cm³/mol. The number of guanidine groups is 2. The number of rotatable bonds is 5. The highest BCUT2D eigenvalue weighted by Crippen LogP contribution is 2.19. The average Bonchev–Trinajstić information content (AvgIpc) is 3.56. The van der Waals surface area contributed by atoms with Crippen LogP contribution in [0.1, 0.15) is 11.1 Å². The Morgan fingerprint density at radius 2 is 1.39 bits per heavy atom. The van der Waals surface area contributed by atoms with Crippen molar-refractivity contribution in [1.29, 1.82) is 0 Å². The van der Waals surface area contributed by atoms with Gasteiger partial charge in [0.15, 0.2) is 0 Å². The summed E-state index contributed by atoms with van der Waals surface area (Å²) in [6.07, 6.45) is 7.53. The molecular formula is C21H24I2N10. The SMILES string of the molecule is C(=N\NC1=NCCN1)/c1ccc(-c2cn3cc(/C=N/NC4=NCCN4)ccc3n2)cc1.I.I. The third kappa shape index (κ3) is 6.40. The van der Waals surface area contributed by atoms with Gasteiger partial charge in [-0.1, -0.05) is 24.3 Å². The molecule has 4 N–H and O–H groups in total. The number of hydrazone groups is 2. The molecule has 0 spiro atoms. The zero-order chi connectivity index (χ0) is 20.9. The van der Waals surface area contributed by atoms with Gasteiger partial charge in [-0.2, -0.15) is 10.2 Å². The van der Waals surface area contributed by atoms with Crippen LogP contribution in [0, 0.1) is 0 Å². The molecule has 0 amide bonds. The molecule has 2 aliphatic heterocycles. The molecule has 2 aliphatic rings. The number of benzene rings is 1. The number of fused-ring (bicyclic) bond motifs is 1. The minimum absolute atomic E-state index is 0. The molecule has 0 unspecified atom stereocenters. The van der Waals surface area contributed by atoms with Crippen molar-refractivity contribution in [3.05, 3.63) is 59.9 Å². The van der Waals surface area contributed by atoms with Crippen molar-refractivity contribution in [3.63, 3.8) is 0 Å². The average molecular weight is 670 g/mol. The quantitative estimate of drug-likeness (QED) is 0.189. The van der Waals surface area contributed by atoms with Crippen molar-refractivity contribution in [2.75, 3.05) is 26.2 Å². The summed E-state index contributed by atoms with van der Waals surface area (Å²) in [6, 6.07) is 12.1. The summed E-state index contributed by atoms with van der Waals surface area (Å²) in [7, 11) is 0. The minimum Gasteiger partial charge on any atom is -0.353 e. The number of nitrogens with zero attached hydrogens (tertiary/aromatic N) is 6. The van der Waals surface area contributed by atoms with Crippen molar-refractivity contribution in [1.82, 2.24) is 30.9 Å². The lowest BCUT2D eigenvalue weighted by Gasteiger charge is -2.00. The van der Waals surface area contributed by atoms with Crippen LogP contribution in [0.25, 0.3) is 16.9 Å². The second kappa shape index (κ2) is 11.9. The van der Waals surface area contributed by atoms with Crippen molar-refractivity contribution >= 4 is 77.9 Å². The molecular weight excluding hydrogens is 646 g/mol. The molecule has 172 valence electrons. The van der Waals surface area contributed by atoms with Crippen LogP contribution in [-0.4, -0.2) is 59.9 Å². The van der Waals surface area contributed by atoms with E-state index in [9.17, 15) is 0 Å².